The second-order valence-electron chi connectivity index (χ2n) is 5.10. The Labute approximate surface area is 130 Å². The highest BCUT2D eigenvalue weighted by Crippen LogP contribution is 2.25. The van der Waals surface area contributed by atoms with E-state index in [1.807, 2.05) is 0 Å². The summed E-state index contributed by atoms with van der Waals surface area (Å²) in [5.74, 6) is -0.672. The van der Waals surface area contributed by atoms with Crippen molar-refractivity contribution in [2.75, 3.05) is 5.32 Å². The maximum atomic E-state index is 11.5. The van der Waals surface area contributed by atoms with Crippen molar-refractivity contribution in [2.45, 2.75) is 43.0 Å². The monoisotopic (exact) mass is 333 g/mol. The van der Waals surface area contributed by atoms with Gasteiger partial charge in [0.05, 0.1) is 10.5 Å². The van der Waals surface area contributed by atoms with Crippen LogP contribution in [0, 0.1) is 0 Å². The molecule has 1 aromatic carbocycles. The molecule has 0 bridgehead atoms. The molecule has 6 nitrogen and oxygen atoms in total. The van der Waals surface area contributed by atoms with E-state index in [1.165, 1.54) is 18.6 Å². The molecule has 0 radical (unpaired) electrons. The third-order valence-corrected chi connectivity index (χ3v) is 4.46. The Hall–Kier alpha value is -1.31. The third kappa shape index (κ3) is 4.59. The smallest absolute Gasteiger partial charge is 0.250 e. The van der Waals surface area contributed by atoms with Crippen LogP contribution in [-0.2, 0) is 10.0 Å². The first kappa shape index (κ1) is 17.7. The molecule has 21 heavy (non-hydrogen) atoms. The molecule has 0 aliphatic heterocycles. The highest BCUT2D eigenvalue weighted by molar-refractivity contribution is 7.89. The Morgan fingerprint density at radius 3 is 2.33 bits per heavy atom. The van der Waals surface area contributed by atoms with Gasteiger partial charge in [0.2, 0.25) is 10.0 Å². The van der Waals surface area contributed by atoms with Gasteiger partial charge in [-0.3, -0.25) is 4.79 Å². The van der Waals surface area contributed by atoms with Crippen molar-refractivity contribution < 1.29 is 13.2 Å². The number of primary amides is 1. The van der Waals surface area contributed by atoms with E-state index in [0.717, 1.165) is 25.7 Å². The molecule has 0 saturated heterocycles. The molecule has 0 aromatic heterocycles. The zero-order chi connectivity index (χ0) is 14.8. The van der Waals surface area contributed by atoms with Crippen LogP contribution in [0.15, 0.2) is 23.1 Å². The first-order valence-corrected chi connectivity index (χ1v) is 8.16. The van der Waals surface area contributed by atoms with Gasteiger partial charge in [-0.15, -0.1) is 12.4 Å². The summed E-state index contributed by atoms with van der Waals surface area (Å²) in [5, 5.41) is 8.33. The predicted octanol–water partition coefficient (Wildman–Crippen LogP) is 1.60. The Morgan fingerprint density at radius 2 is 1.81 bits per heavy atom. The lowest BCUT2D eigenvalue weighted by molar-refractivity contribution is 0.100. The molecule has 1 fully saturated rings. The summed E-state index contributed by atoms with van der Waals surface area (Å²) in [4.78, 5) is 11.4. The number of hydrogen-bond acceptors (Lipinski definition) is 4. The first-order chi connectivity index (χ1) is 9.38. The number of nitrogens with one attached hydrogen (secondary N) is 1. The molecular weight excluding hydrogens is 314 g/mol. The van der Waals surface area contributed by atoms with Crippen molar-refractivity contribution in [3.8, 4) is 0 Å². The van der Waals surface area contributed by atoms with Gasteiger partial charge >= 0.3 is 0 Å². The number of rotatable bonds is 4. The fourth-order valence-corrected chi connectivity index (χ4v) is 3.04. The van der Waals surface area contributed by atoms with Crippen LogP contribution in [-0.4, -0.2) is 20.4 Å². The molecule has 1 saturated carbocycles. The average Bonchev–Trinajstić information content (AvgIpc) is 2.38. The Balaban J connectivity index is 0.00000220. The molecule has 0 atom stereocenters. The van der Waals surface area contributed by atoms with E-state index in [1.54, 1.807) is 6.07 Å². The topological polar surface area (TPSA) is 115 Å². The van der Waals surface area contributed by atoms with Crippen LogP contribution in [0.2, 0.25) is 0 Å². The molecule has 0 spiro atoms. The van der Waals surface area contributed by atoms with Crippen LogP contribution in [0.1, 0.15) is 42.5 Å². The zero-order valence-corrected chi connectivity index (χ0v) is 13.2. The quantitative estimate of drug-likeness (QED) is 0.776. The molecule has 0 unspecified atom stereocenters. The second-order valence-corrected chi connectivity index (χ2v) is 6.66. The van der Waals surface area contributed by atoms with Gasteiger partial charge < -0.3 is 11.1 Å². The van der Waals surface area contributed by atoms with E-state index < -0.39 is 15.9 Å². The van der Waals surface area contributed by atoms with Gasteiger partial charge in [0, 0.05) is 11.7 Å². The summed E-state index contributed by atoms with van der Waals surface area (Å²) in [6.07, 6.45) is 5.60. The van der Waals surface area contributed by atoms with Crippen molar-refractivity contribution in [1.82, 2.24) is 0 Å². The number of sulfonamides is 1. The molecule has 5 N–H and O–H groups in total. The molecule has 2 rings (SSSR count). The van der Waals surface area contributed by atoms with Crippen LogP contribution < -0.4 is 16.2 Å². The average molecular weight is 334 g/mol. The van der Waals surface area contributed by atoms with Crippen LogP contribution in [0.5, 0.6) is 0 Å². The molecule has 8 heteroatoms. The van der Waals surface area contributed by atoms with Crippen molar-refractivity contribution in [3.05, 3.63) is 23.8 Å². The van der Waals surface area contributed by atoms with Crippen molar-refractivity contribution >= 4 is 34.0 Å². The number of carbonyl (C=O) groups excluding carboxylic acids is 1. The van der Waals surface area contributed by atoms with E-state index >= 15 is 0 Å². The highest BCUT2D eigenvalue weighted by atomic mass is 35.5. The largest absolute Gasteiger partial charge is 0.382 e. The van der Waals surface area contributed by atoms with Crippen molar-refractivity contribution in [2.24, 2.45) is 10.9 Å². The molecule has 1 aliphatic carbocycles. The Morgan fingerprint density at radius 1 is 1.19 bits per heavy atom. The lowest BCUT2D eigenvalue weighted by Gasteiger charge is -2.24. The first-order valence-electron chi connectivity index (χ1n) is 6.61. The van der Waals surface area contributed by atoms with E-state index in [0.29, 0.717) is 11.7 Å². The molecule has 1 aliphatic rings. The number of carbonyl (C=O) groups is 1. The maximum Gasteiger partial charge on any atom is 0.250 e. The van der Waals surface area contributed by atoms with Crippen LogP contribution in [0.25, 0.3) is 0 Å². The van der Waals surface area contributed by atoms with Crippen molar-refractivity contribution in [3.63, 3.8) is 0 Å². The zero-order valence-electron chi connectivity index (χ0n) is 11.5. The van der Waals surface area contributed by atoms with Crippen LogP contribution in [0.3, 0.4) is 0 Å². The van der Waals surface area contributed by atoms with E-state index in [-0.39, 0.29) is 22.9 Å². The number of amides is 1. The molecular formula is C13H20ClN3O3S. The summed E-state index contributed by atoms with van der Waals surface area (Å²) in [7, 11) is -3.84. The lowest BCUT2D eigenvalue weighted by Crippen LogP contribution is -2.25. The lowest BCUT2D eigenvalue weighted by atomic mass is 9.95. The van der Waals surface area contributed by atoms with Gasteiger partial charge in [-0.05, 0) is 31.0 Å². The number of nitrogens with two attached hydrogens (primary N) is 2. The predicted molar refractivity (Wildman–Crippen MR) is 84.1 cm³/mol. The maximum absolute atomic E-state index is 11.5. The van der Waals surface area contributed by atoms with Crippen molar-refractivity contribution in [1.29, 1.82) is 0 Å². The Kier molecular flexibility index (Phi) is 6.00. The van der Waals surface area contributed by atoms with Gasteiger partial charge in [0.25, 0.3) is 5.91 Å². The number of benzene rings is 1. The van der Waals surface area contributed by atoms with E-state index in [2.05, 4.69) is 5.32 Å². The van der Waals surface area contributed by atoms with Crippen LogP contribution in [0.4, 0.5) is 5.69 Å². The SMILES string of the molecule is Cl.NC(=O)c1cc(S(N)(=O)=O)ccc1NC1CCCCC1. The van der Waals surface area contributed by atoms with E-state index in [9.17, 15) is 13.2 Å². The third-order valence-electron chi connectivity index (χ3n) is 3.55. The standard InChI is InChI=1S/C13H19N3O3S.ClH/c14-13(17)11-8-10(20(15,18)19)6-7-12(11)16-9-4-2-1-3-5-9;/h6-9,16H,1-5H2,(H2,14,17)(H2,15,18,19);1H. The summed E-state index contributed by atoms with van der Waals surface area (Å²) < 4.78 is 22.6. The fourth-order valence-electron chi connectivity index (χ4n) is 2.50. The summed E-state index contributed by atoms with van der Waals surface area (Å²) in [6, 6.07) is 4.45. The second kappa shape index (κ2) is 7.11. The molecule has 118 valence electrons. The minimum Gasteiger partial charge on any atom is -0.382 e. The number of hydrogen-bond donors (Lipinski definition) is 3. The van der Waals surface area contributed by atoms with Gasteiger partial charge in [0.15, 0.2) is 0 Å². The fraction of sp³-hybridized carbons (Fsp3) is 0.462. The van der Waals surface area contributed by atoms with Crippen LogP contribution >= 0.6 is 12.4 Å². The van der Waals surface area contributed by atoms with Gasteiger partial charge in [-0.1, -0.05) is 19.3 Å². The van der Waals surface area contributed by atoms with Gasteiger partial charge in [-0.2, -0.15) is 0 Å². The minimum absolute atomic E-state index is 0. The minimum atomic E-state index is -3.84. The summed E-state index contributed by atoms with van der Waals surface area (Å²) >= 11 is 0. The number of anilines is 1. The highest BCUT2D eigenvalue weighted by Gasteiger charge is 2.18. The summed E-state index contributed by atoms with van der Waals surface area (Å²) in [6.45, 7) is 0. The summed E-state index contributed by atoms with van der Waals surface area (Å²) in [5.41, 5.74) is 6.04. The van der Waals surface area contributed by atoms with Gasteiger partial charge in [-0.25, -0.2) is 13.6 Å². The normalized spacial score (nSPS) is 16.0. The Bertz CT molecular complexity index is 613. The molecule has 1 amide bonds. The number of halogens is 1. The van der Waals surface area contributed by atoms with Gasteiger partial charge in [0.1, 0.15) is 0 Å². The van der Waals surface area contributed by atoms with E-state index in [4.69, 9.17) is 10.9 Å². The molecule has 1 aromatic rings. The number of primary sulfonamides is 1. The molecule has 0 heterocycles.